The van der Waals surface area contributed by atoms with Crippen LogP contribution in [0.3, 0.4) is 0 Å². The predicted octanol–water partition coefficient (Wildman–Crippen LogP) is 0.000200. The van der Waals surface area contributed by atoms with Gasteiger partial charge in [-0.25, -0.2) is 4.79 Å². The molecule has 2 amide bonds. The van der Waals surface area contributed by atoms with Crippen LogP contribution >= 0.6 is 0 Å². The van der Waals surface area contributed by atoms with Crippen molar-refractivity contribution in [1.29, 1.82) is 0 Å². The highest BCUT2D eigenvalue weighted by Crippen LogP contribution is 2.05. The van der Waals surface area contributed by atoms with E-state index >= 15 is 0 Å². The maximum atomic E-state index is 11.1. The third kappa shape index (κ3) is 10.4. The number of carbonyl (C=O) groups is 2. The summed E-state index contributed by atoms with van der Waals surface area (Å²) in [7, 11) is 0. The summed E-state index contributed by atoms with van der Waals surface area (Å²) >= 11 is 0. The second-order valence-electron chi connectivity index (χ2n) is 4.02. The van der Waals surface area contributed by atoms with Crippen LogP contribution in [0.2, 0.25) is 0 Å². The number of nitrogens with one attached hydrogen (secondary N) is 2. The topological polar surface area (TPSA) is 90.5 Å². The lowest BCUT2D eigenvalue weighted by molar-refractivity contribution is -0.250. The van der Waals surface area contributed by atoms with Gasteiger partial charge in [0, 0.05) is 13.1 Å². The fourth-order valence-corrected chi connectivity index (χ4v) is 0.765. The summed E-state index contributed by atoms with van der Waals surface area (Å²) in [5.41, 5.74) is -0.523. The van der Waals surface area contributed by atoms with Gasteiger partial charge in [-0.1, -0.05) is 12.2 Å². The number of amides is 2. The van der Waals surface area contributed by atoms with Crippen LogP contribution in [0, 0.1) is 0 Å². The van der Waals surface area contributed by atoms with E-state index in [0.29, 0.717) is 0 Å². The van der Waals surface area contributed by atoms with Gasteiger partial charge in [0.15, 0.2) is 0 Å². The molecule has 2 N–H and O–H groups in total. The molecule has 0 atom stereocenters. The zero-order valence-electron chi connectivity index (χ0n) is 9.70. The molecular formula is C10H17N2O4-. The van der Waals surface area contributed by atoms with Gasteiger partial charge in [-0.05, 0) is 20.8 Å². The summed E-state index contributed by atoms with van der Waals surface area (Å²) in [6.07, 6.45) is 1.34. The van der Waals surface area contributed by atoms with Gasteiger partial charge in [0.25, 0.3) is 0 Å². The summed E-state index contributed by atoms with van der Waals surface area (Å²) in [5, 5.41) is 14.5. The normalized spacial score (nSPS) is 11.2. The second-order valence-corrected chi connectivity index (χ2v) is 4.02. The van der Waals surface area contributed by atoms with Gasteiger partial charge in [-0.15, -0.1) is 0 Å². The molecule has 0 bridgehead atoms. The molecule has 0 fully saturated rings. The molecule has 92 valence electrons. The van der Waals surface area contributed by atoms with E-state index in [9.17, 15) is 14.7 Å². The number of carbonyl (C=O) groups excluding carboxylic acids is 2. The first-order chi connectivity index (χ1) is 7.31. The van der Waals surface area contributed by atoms with E-state index in [1.165, 1.54) is 0 Å². The van der Waals surface area contributed by atoms with Crippen molar-refractivity contribution in [1.82, 2.24) is 10.6 Å². The van der Waals surface area contributed by atoms with E-state index in [0.717, 1.165) is 0 Å². The lowest BCUT2D eigenvalue weighted by atomic mass is 10.2. The Morgan fingerprint density at radius 1 is 1.19 bits per heavy atom. The van der Waals surface area contributed by atoms with Crippen LogP contribution in [0.5, 0.6) is 0 Å². The molecule has 0 unspecified atom stereocenters. The molecule has 0 aliphatic heterocycles. The van der Waals surface area contributed by atoms with Crippen molar-refractivity contribution >= 4 is 12.2 Å². The van der Waals surface area contributed by atoms with E-state index in [-0.39, 0.29) is 13.1 Å². The summed E-state index contributed by atoms with van der Waals surface area (Å²) in [6, 6.07) is 0. The highest BCUT2D eigenvalue weighted by Gasteiger charge is 2.14. The molecule has 6 heteroatoms. The molecule has 16 heavy (non-hydrogen) atoms. The van der Waals surface area contributed by atoms with Gasteiger partial charge in [0.2, 0.25) is 0 Å². The van der Waals surface area contributed by atoms with Crippen LogP contribution in [0.25, 0.3) is 0 Å². The summed E-state index contributed by atoms with van der Waals surface area (Å²) in [5.74, 6) is 0. The maximum absolute atomic E-state index is 11.1. The van der Waals surface area contributed by atoms with Crippen molar-refractivity contribution < 1.29 is 19.4 Å². The number of alkyl carbamates (subject to hydrolysis) is 1. The molecule has 0 saturated carbocycles. The van der Waals surface area contributed by atoms with Gasteiger partial charge in [0.1, 0.15) is 11.7 Å². The first-order valence-electron chi connectivity index (χ1n) is 4.88. The lowest BCUT2D eigenvalue weighted by Crippen LogP contribution is -2.36. The molecule has 0 aliphatic carbocycles. The molecule has 0 radical (unpaired) electrons. The number of hydrogen-bond acceptors (Lipinski definition) is 4. The van der Waals surface area contributed by atoms with Crippen molar-refractivity contribution in [3.63, 3.8) is 0 Å². The SMILES string of the molecule is CC(C)(C)OC(=O)NC/C=C/CNC(=O)[O-]. The Morgan fingerprint density at radius 3 is 2.12 bits per heavy atom. The van der Waals surface area contributed by atoms with Crippen molar-refractivity contribution in [2.45, 2.75) is 26.4 Å². The highest BCUT2D eigenvalue weighted by atomic mass is 16.6. The standard InChI is InChI=1S/C10H18N2O4/c1-10(2,3)16-9(15)12-7-5-4-6-11-8(13)14/h4-5,11H,6-7H2,1-3H3,(H,12,15)(H,13,14)/p-1/b5-4+. The van der Waals surface area contributed by atoms with E-state index in [1.807, 2.05) is 5.32 Å². The van der Waals surface area contributed by atoms with E-state index in [2.05, 4.69) is 5.32 Å². The van der Waals surface area contributed by atoms with Crippen LogP contribution in [-0.4, -0.2) is 30.9 Å². The van der Waals surface area contributed by atoms with Gasteiger partial charge in [0.05, 0.1) is 0 Å². The highest BCUT2D eigenvalue weighted by molar-refractivity contribution is 5.67. The Morgan fingerprint density at radius 2 is 1.69 bits per heavy atom. The van der Waals surface area contributed by atoms with Crippen molar-refractivity contribution in [3.05, 3.63) is 12.2 Å². The average Bonchev–Trinajstić information content (AvgIpc) is 2.07. The smallest absolute Gasteiger partial charge is 0.407 e. The molecule has 0 aliphatic rings. The monoisotopic (exact) mass is 229 g/mol. The van der Waals surface area contributed by atoms with Crippen LogP contribution < -0.4 is 15.7 Å². The van der Waals surface area contributed by atoms with Crippen LogP contribution in [0.1, 0.15) is 20.8 Å². The summed E-state index contributed by atoms with van der Waals surface area (Å²) in [4.78, 5) is 21.1. The molecule has 6 nitrogen and oxygen atoms in total. The van der Waals surface area contributed by atoms with Gasteiger partial charge < -0.3 is 25.3 Å². The van der Waals surface area contributed by atoms with E-state index in [4.69, 9.17) is 4.74 Å². The first-order valence-corrected chi connectivity index (χ1v) is 4.88. The van der Waals surface area contributed by atoms with Crippen LogP contribution in [-0.2, 0) is 4.74 Å². The third-order valence-corrected chi connectivity index (χ3v) is 1.29. The number of hydrogen-bond donors (Lipinski definition) is 2. The first kappa shape index (κ1) is 14.3. The zero-order valence-corrected chi connectivity index (χ0v) is 9.70. The van der Waals surface area contributed by atoms with Crippen molar-refractivity contribution in [2.24, 2.45) is 0 Å². The average molecular weight is 229 g/mol. The van der Waals surface area contributed by atoms with Gasteiger partial charge in [-0.3, -0.25) is 0 Å². The molecule has 0 heterocycles. The minimum Gasteiger partial charge on any atom is -0.530 e. The molecule has 0 aromatic heterocycles. The van der Waals surface area contributed by atoms with E-state index < -0.39 is 17.8 Å². The zero-order chi connectivity index (χ0) is 12.6. The Balaban J connectivity index is 3.58. The molecule has 0 rings (SSSR count). The number of rotatable bonds is 4. The lowest BCUT2D eigenvalue weighted by Gasteiger charge is -2.19. The minimum absolute atomic E-state index is 0.151. The molecule has 0 aromatic carbocycles. The molecule has 0 spiro atoms. The van der Waals surface area contributed by atoms with Gasteiger partial charge >= 0.3 is 6.09 Å². The molecule has 0 saturated heterocycles. The number of carboxylic acid groups (broad SMARTS) is 1. The minimum atomic E-state index is -1.33. The predicted molar refractivity (Wildman–Crippen MR) is 56.8 cm³/mol. The Labute approximate surface area is 94.7 Å². The fourth-order valence-electron chi connectivity index (χ4n) is 0.765. The third-order valence-electron chi connectivity index (χ3n) is 1.29. The van der Waals surface area contributed by atoms with Gasteiger partial charge in [-0.2, -0.15) is 0 Å². The molecule has 0 aromatic rings. The van der Waals surface area contributed by atoms with Crippen molar-refractivity contribution in [3.8, 4) is 0 Å². The Bertz CT molecular complexity index is 268. The number of ether oxygens (including phenoxy) is 1. The molecular weight excluding hydrogens is 212 g/mol. The quantitative estimate of drug-likeness (QED) is 0.664. The van der Waals surface area contributed by atoms with Crippen molar-refractivity contribution in [2.75, 3.05) is 13.1 Å². The summed E-state index contributed by atoms with van der Waals surface area (Å²) < 4.78 is 4.98. The Kier molecular flexibility index (Phi) is 5.99. The maximum Gasteiger partial charge on any atom is 0.407 e. The van der Waals surface area contributed by atoms with E-state index in [1.54, 1.807) is 32.9 Å². The summed E-state index contributed by atoms with van der Waals surface area (Å²) in [6.45, 7) is 5.74. The Hall–Kier alpha value is -1.72. The largest absolute Gasteiger partial charge is 0.530 e. The second kappa shape index (κ2) is 6.71. The van der Waals surface area contributed by atoms with Crippen LogP contribution in [0.15, 0.2) is 12.2 Å². The van der Waals surface area contributed by atoms with Crippen LogP contribution in [0.4, 0.5) is 9.59 Å². The fraction of sp³-hybridized carbons (Fsp3) is 0.600.